The Bertz CT molecular complexity index is 466. The molecule has 2 aliphatic rings. The minimum Gasteiger partial charge on any atom is -0.481 e. The van der Waals surface area contributed by atoms with Gasteiger partial charge in [-0.15, -0.1) is 0 Å². The third-order valence-corrected chi connectivity index (χ3v) is 4.27. The Morgan fingerprint density at radius 3 is 2.80 bits per heavy atom. The third-order valence-electron chi connectivity index (χ3n) is 4.27. The fourth-order valence-corrected chi connectivity index (χ4v) is 2.92. The van der Waals surface area contributed by atoms with Crippen LogP contribution in [-0.4, -0.2) is 40.8 Å². The van der Waals surface area contributed by atoms with Gasteiger partial charge in [0.2, 0.25) is 0 Å². The lowest BCUT2D eigenvalue weighted by molar-refractivity contribution is -0.145. The monoisotopic (exact) mass is 279 g/mol. The van der Waals surface area contributed by atoms with Crippen LogP contribution in [0.4, 0.5) is 4.79 Å². The molecule has 2 bridgehead atoms. The number of nitrogens with zero attached hydrogens (tertiary/aromatic N) is 1. The van der Waals surface area contributed by atoms with Gasteiger partial charge in [0.25, 0.3) is 0 Å². The van der Waals surface area contributed by atoms with Crippen molar-refractivity contribution >= 4 is 12.1 Å². The van der Waals surface area contributed by atoms with Crippen LogP contribution in [0, 0.1) is 5.41 Å². The molecule has 5 nitrogen and oxygen atoms in total. The van der Waals surface area contributed by atoms with E-state index in [1.165, 1.54) is 0 Å². The number of carbonyl (C=O) groups excluding carboxylic acids is 1. The smallest absolute Gasteiger partial charge is 0.410 e. The largest absolute Gasteiger partial charge is 0.481 e. The number of rotatable bonds is 4. The van der Waals surface area contributed by atoms with Crippen molar-refractivity contribution in [2.75, 3.05) is 6.61 Å². The van der Waals surface area contributed by atoms with Gasteiger partial charge >= 0.3 is 12.1 Å². The van der Waals surface area contributed by atoms with E-state index in [-0.39, 0.29) is 24.8 Å². The quantitative estimate of drug-likeness (QED) is 0.803. The van der Waals surface area contributed by atoms with Crippen molar-refractivity contribution in [3.63, 3.8) is 0 Å². The molecule has 0 aliphatic carbocycles. The zero-order valence-corrected chi connectivity index (χ0v) is 12.0. The van der Waals surface area contributed by atoms with Gasteiger partial charge in [-0.1, -0.05) is 24.3 Å². The van der Waals surface area contributed by atoms with Gasteiger partial charge in [-0.3, -0.25) is 9.69 Å². The van der Waals surface area contributed by atoms with E-state index in [4.69, 9.17) is 4.74 Å². The fraction of sp³-hybridized carbons (Fsp3) is 0.600. The Labute approximate surface area is 118 Å². The maximum atomic E-state index is 12.0. The van der Waals surface area contributed by atoms with Gasteiger partial charge in [-0.05, 0) is 33.1 Å². The number of aliphatic carboxylic acids is 1. The Morgan fingerprint density at radius 1 is 1.55 bits per heavy atom. The summed E-state index contributed by atoms with van der Waals surface area (Å²) in [6.45, 7) is 7.15. The van der Waals surface area contributed by atoms with E-state index in [0.29, 0.717) is 6.42 Å². The van der Waals surface area contributed by atoms with Crippen LogP contribution < -0.4 is 0 Å². The lowest BCUT2D eigenvalue weighted by atomic mass is 9.79. The molecule has 2 atom stereocenters. The molecule has 1 saturated heterocycles. The summed E-state index contributed by atoms with van der Waals surface area (Å²) in [4.78, 5) is 25.1. The summed E-state index contributed by atoms with van der Waals surface area (Å²) < 4.78 is 5.10. The number of ether oxygens (including phenoxy) is 1. The van der Waals surface area contributed by atoms with E-state index < -0.39 is 11.4 Å². The van der Waals surface area contributed by atoms with Gasteiger partial charge < -0.3 is 9.84 Å². The molecule has 0 aromatic heterocycles. The molecule has 110 valence electrons. The predicted octanol–water partition coefficient (Wildman–Crippen LogP) is 2.58. The minimum atomic E-state index is -0.877. The molecule has 2 aliphatic heterocycles. The summed E-state index contributed by atoms with van der Waals surface area (Å²) in [6.07, 6.45) is 5.52. The Morgan fingerprint density at radius 2 is 2.25 bits per heavy atom. The van der Waals surface area contributed by atoms with Crippen molar-refractivity contribution in [2.24, 2.45) is 5.41 Å². The first-order chi connectivity index (χ1) is 9.37. The molecule has 0 aromatic carbocycles. The van der Waals surface area contributed by atoms with Gasteiger partial charge in [0.15, 0.2) is 0 Å². The number of carboxylic acids is 1. The summed E-state index contributed by atoms with van der Waals surface area (Å²) in [5, 5.41) is 9.32. The van der Waals surface area contributed by atoms with E-state index in [1.54, 1.807) is 24.8 Å². The summed E-state index contributed by atoms with van der Waals surface area (Å²) in [5.74, 6) is -0.828. The van der Waals surface area contributed by atoms with E-state index in [2.05, 4.69) is 6.58 Å². The van der Waals surface area contributed by atoms with Gasteiger partial charge in [0.1, 0.15) is 6.61 Å². The highest BCUT2D eigenvalue weighted by Crippen LogP contribution is 2.41. The highest BCUT2D eigenvalue weighted by molar-refractivity contribution is 5.78. The Kier molecular flexibility index (Phi) is 3.88. The lowest BCUT2D eigenvalue weighted by Crippen LogP contribution is -2.45. The van der Waals surface area contributed by atoms with Crippen LogP contribution in [0.1, 0.15) is 33.1 Å². The zero-order valence-electron chi connectivity index (χ0n) is 12.0. The normalized spacial score (nSPS) is 25.1. The van der Waals surface area contributed by atoms with Gasteiger partial charge in [0, 0.05) is 6.04 Å². The second-order valence-electron chi connectivity index (χ2n) is 5.90. The molecule has 1 N–H and O–H groups in total. The van der Waals surface area contributed by atoms with Crippen LogP contribution in [0.15, 0.2) is 24.3 Å². The maximum Gasteiger partial charge on any atom is 0.410 e. The molecule has 0 saturated carbocycles. The van der Waals surface area contributed by atoms with Crippen molar-refractivity contribution in [3.8, 4) is 0 Å². The number of hydrogen-bond donors (Lipinski definition) is 1. The van der Waals surface area contributed by atoms with E-state index in [1.807, 2.05) is 6.08 Å². The molecule has 0 spiro atoms. The van der Waals surface area contributed by atoms with Crippen LogP contribution in [0.3, 0.4) is 0 Å². The van der Waals surface area contributed by atoms with E-state index in [9.17, 15) is 14.7 Å². The van der Waals surface area contributed by atoms with E-state index >= 15 is 0 Å². The summed E-state index contributed by atoms with van der Waals surface area (Å²) in [6, 6.07) is 0.00984. The van der Waals surface area contributed by atoms with Crippen molar-refractivity contribution in [3.05, 3.63) is 24.3 Å². The maximum absolute atomic E-state index is 12.0. The summed E-state index contributed by atoms with van der Waals surface area (Å²) in [5.41, 5.74) is 0.0306. The SMILES string of the molecule is C=CCOC(=O)N1C2C=C(C(C)(C)C(=O)O)CC1CC2. The number of fused-ring (bicyclic) bond motifs is 2. The van der Waals surface area contributed by atoms with Crippen molar-refractivity contribution < 1.29 is 19.4 Å². The molecule has 1 fully saturated rings. The second kappa shape index (κ2) is 5.31. The molecule has 20 heavy (non-hydrogen) atoms. The van der Waals surface area contributed by atoms with Crippen molar-refractivity contribution in [2.45, 2.75) is 45.2 Å². The Balaban J connectivity index is 2.17. The Hall–Kier alpha value is -1.78. The lowest BCUT2D eigenvalue weighted by Gasteiger charge is -2.36. The first-order valence-electron chi connectivity index (χ1n) is 6.88. The number of amides is 1. The molecule has 2 rings (SSSR count). The molecule has 0 aromatic rings. The van der Waals surface area contributed by atoms with Crippen LogP contribution in [0.5, 0.6) is 0 Å². The minimum absolute atomic E-state index is 0.0420. The number of carboxylic acid groups (broad SMARTS) is 1. The molecule has 2 heterocycles. The topological polar surface area (TPSA) is 66.8 Å². The summed E-state index contributed by atoms with van der Waals surface area (Å²) in [7, 11) is 0. The molecular formula is C15H21NO4. The average Bonchev–Trinajstić information content (AvgIpc) is 2.65. The molecule has 1 amide bonds. The number of hydrogen-bond acceptors (Lipinski definition) is 3. The standard InChI is InChI=1S/C15H21NO4/c1-4-7-20-14(19)16-11-5-6-12(16)9-10(8-11)15(2,3)13(17)18/h4,8,11-12H,1,5-7,9H2,2-3H3,(H,17,18). The molecular weight excluding hydrogens is 258 g/mol. The molecule has 0 radical (unpaired) electrons. The van der Waals surface area contributed by atoms with Crippen LogP contribution >= 0.6 is 0 Å². The first-order valence-corrected chi connectivity index (χ1v) is 6.88. The molecule has 5 heteroatoms. The zero-order chi connectivity index (χ0) is 14.9. The van der Waals surface area contributed by atoms with Gasteiger partial charge in [-0.25, -0.2) is 4.79 Å². The number of carbonyl (C=O) groups is 2. The fourth-order valence-electron chi connectivity index (χ4n) is 2.92. The molecule has 2 unspecified atom stereocenters. The van der Waals surface area contributed by atoms with Crippen LogP contribution in [-0.2, 0) is 9.53 Å². The van der Waals surface area contributed by atoms with E-state index in [0.717, 1.165) is 18.4 Å². The highest BCUT2D eigenvalue weighted by atomic mass is 16.6. The summed E-state index contributed by atoms with van der Waals surface area (Å²) >= 11 is 0. The average molecular weight is 279 g/mol. The predicted molar refractivity (Wildman–Crippen MR) is 74.3 cm³/mol. The second-order valence-corrected chi connectivity index (χ2v) is 5.90. The first kappa shape index (κ1) is 14.6. The highest BCUT2D eigenvalue weighted by Gasteiger charge is 2.44. The van der Waals surface area contributed by atoms with Crippen molar-refractivity contribution in [1.82, 2.24) is 4.90 Å². The van der Waals surface area contributed by atoms with Gasteiger partial charge in [-0.2, -0.15) is 0 Å². The van der Waals surface area contributed by atoms with Gasteiger partial charge in [0.05, 0.1) is 11.5 Å². The third kappa shape index (κ3) is 2.44. The van der Waals surface area contributed by atoms with Crippen LogP contribution in [0.25, 0.3) is 0 Å². The van der Waals surface area contributed by atoms with Crippen molar-refractivity contribution in [1.29, 1.82) is 0 Å². The van der Waals surface area contributed by atoms with Crippen LogP contribution in [0.2, 0.25) is 0 Å².